The highest BCUT2D eigenvalue weighted by Gasteiger charge is 2.32. The molecule has 0 aromatic carbocycles. The van der Waals surface area contributed by atoms with Crippen molar-refractivity contribution in [1.29, 1.82) is 0 Å². The van der Waals surface area contributed by atoms with Crippen LogP contribution in [0, 0.1) is 0 Å². The van der Waals surface area contributed by atoms with Crippen molar-refractivity contribution in [3.63, 3.8) is 0 Å². The second-order valence-electron chi connectivity index (χ2n) is 8.03. The molecule has 5 heteroatoms. The first-order valence-corrected chi connectivity index (χ1v) is 10.2. The van der Waals surface area contributed by atoms with E-state index in [1.807, 2.05) is 0 Å². The highest BCUT2D eigenvalue weighted by molar-refractivity contribution is 5.74. The molecule has 1 aliphatic carbocycles. The Bertz CT molecular complexity index is 391. The summed E-state index contributed by atoms with van der Waals surface area (Å²) >= 11 is 0. The number of hydrogen-bond donors (Lipinski definition) is 2. The first-order valence-electron chi connectivity index (χ1n) is 10.2. The minimum atomic E-state index is 0.0335. The summed E-state index contributed by atoms with van der Waals surface area (Å²) in [4.78, 5) is 17.2. The van der Waals surface area contributed by atoms with Crippen LogP contribution < -0.4 is 10.6 Å². The third-order valence-corrected chi connectivity index (χ3v) is 6.03. The molecule has 2 amide bonds. The van der Waals surface area contributed by atoms with E-state index >= 15 is 0 Å². The van der Waals surface area contributed by atoms with E-state index in [-0.39, 0.29) is 6.03 Å². The number of carbonyl (C=O) groups is 1. The lowest BCUT2D eigenvalue weighted by Gasteiger charge is -2.33. The van der Waals surface area contributed by atoms with Crippen molar-refractivity contribution in [2.75, 3.05) is 32.7 Å². The van der Waals surface area contributed by atoms with Crippen LogP contribution in [0.4, 0.5) is 4.79 Å². The molecule has 2 N–H and O–H groups in total. The van der Waals surface area contributed by atoms with Gasteiger partial charge >= 0.3 is 6.03 Å². The molecular weight excluding hydrogens is 300 g/mol. The Morgan fingerprint density at radius 2 is 1.79 bits per heavy atom. The molecule has 1 atom stereocenters. The van der Waals surface area contributed by atoms with Crippen molar-refractivity contribution in [1.82, 2.24) is 20.4 Å². The zero-order valence-electron chi connectivity index (χ0n) is 15.4. The first-order chi connectivity index (χ1) is 11.7. The van der Waals surface area contributed by atoms with Crippen LogP contribution in [-0.2, 0) is 0 Å². The summed E-state index contributed by atoms with van der Waals surface area (Å²) in [6, 6.07) is 2.01. The SMILES string of the molecule is CC1CCCCN1CCCCNC(=O)NC1CCN(C2CC2)CC1. The Hall–Kier alpha value is -0.810. The molecule has 138 valence electrons. The van der Waals surface area contributed by atoms with Gasteiger partial charge in [0.05, 0.1) is 0 Å². The Morgan fingerprint density at radius 1 is 1.00 bits per heavy atom. The van der Waals surface area contributed by atoms with Crippen LogP contribution in [0.3, 0.4) is 0 Å². The summed E-state index contributed by atoms with van der Waals surface area (Å²) in [7, 11) is 0. The van der Waals surface area contributed by atoms with Gasteiger partial charge in [0.15, 0.2) is 0 Å². The zero-order chi connectivity index (χ0) is 16.8. The molecule has 2 aliphatic heterocycles. The number of likely N-dealkylation sites (tertiary alicyclic amines) is 2. The van der Waals surface area contributed by atoms with Crippen LogP contribution in [0.25, 0.3) is 0 Å². The quantitative estimate of drug-likeness (QED) is 0.703. The molecular formula is C19H36N4O. The van der Waals surface area contributed by atoms with Crippen LogP contribution in [0.2, 0.25) is 0 Å². The number of nitrogens with zero attached hydrogens (tertiary/aromatic N) is 2. The number of amides is 2. The van der Waals surface area contributed by atoms with Crippen LogP contribution in [0.15, 0.2) is 0 Å². The van der Waals surface area contributed by atoms with Gasteiger partial charge in [0, 0.05) is 37.8 Å². The van der Waals surface area contributed by atoms with Gasteiger partial charge in [-0.2, -0.15) is 0 Å². The van der Waals surface area contributed by atoms with Gasteiger partial charge in [-0.1, -0.05) is 6.42 Å². The Kier molecular flexibility index (Phi) is 6.78. The van der Waals surface area contributed by atoms with Crippen molar-refractivity contribution in [3.05, 3.63) is 0 Å². The predicted molar refractivity (Wildman–Crippen MR) is 98.3 cm³/mol. The van der Waals surface area contributed by atoms with Gasteiger partial charge in [0.25, 0.3) is 0 Å². The molecule has 0 spiro atoms. The van der Waals surface area contributed by atoms with E-state index in [0.29, 0.717) is 6.04 Å². The molecule has 2 saturated heterocycles. The van der Waals surface area contributed by atoms with Gasteiger partial charge in [-0.3, -0.25) is 0 Å². The van der Waals surface area contributed by atoms with Crippen LogP contribution in [0.1, 0.15) is 64.7 Å². The lowest BCUT2D eigenvalue weighted by molar-refractivity contribution is 0.158. The van der Waals surface area contributed by atoms with Crippen molar-refractivity contribution in [2.45, 2.75) is 82.8 Å². The van der Waals surface area contributed by atoms with Crippen LogP contribution in [-0.4, -0.2) is 66.7 Å². The topological polar surface area (TPSA) is 47.6 Å². The fraction of sp³-hybridized carbons (Fsp3) is 0.947. The van der Waals surface area contributed by atoms with E-state index in [9.17, 15) is 4.79 Å². The summed E-state index contributed by atoms with van der Waals surface area (Å²) in [5, 5.41) is 6.20. The van der Waals surface area contributed by atoms with E-state index in [0.717, 1.165) is 51.0 Å². The first kappa shape index (κ1) is 18.0. The third-order valence-electron chi connectivity index (χ3n) is 6.03. The highest BCUT2D eigenvalue weighted by Crippen LogP contribution is 2.29. The van der Waals surface area contributed by atoms with Crippen LogP contribution in [0.5, 0.6) is 0 Å². The van der Waals surface area contributed by atoms with Gasteiger partial charge in [-0.15, -0.1) is 0 Å². The van der Waals surface area contributed by atoms with Gasteiger partial charge < -0.3 is 20.4 Å². The number of nitrogens with one attached hydrogen (secondary N) is 2. The number of carbonyl (C=O) groups excluding carboxylic acids is 1. The average molecular weight is 337 g/mol. The van der Waals surface area contributed by atoms with Gasteiger partial charge in [0.1, 0.15) is 0 Å². The van der Waals surface area contributed by atoms with Crippen molar-refractivity contribution >= 4 is 6.03 Å². The molecule has 0 radical (unpaired) electrons. The number of hydrogen-bond acceptors (Lipinski definition) is 3. The van der Waals surface area contributed by atoms with Gasteiger partial charge in [0.2, 0.25) is 0 Å². The fourth-order valence-electron chi connectivity index (χ4n) is 4.22. The predicted octanol–water partition coefficient (Wildman–Crippen LogP) is 2.57. The summed E-state index contributed by atoms with van der Waals surface area (Å²) in [6.45, 7) is 7.90. The molecule has 2 heterocycles. The lowest BCUT2D eigenvalue weighted by atomic mass is 10.0. The summed E-state index contributed by atoms with van der Waals surface area (Å²) < 4.78 is 0. The second-order valence-corrected chi connectivity index (χ2v) is 8.03. The minimum Gasteiger partial charge on any atom is -0.338 e. The normalized spacial score (nSPS) is 27.1. The summed E-state index contributed by atoms with van der Waals surface area (Å²) in [5.74, 6) is 0. The molecule has 0 aromatic rings. The van der Waals surface area contributed by atoms with E-state index in [4.69, 9.17) is 0 Å². The number of rotatable bonds is 7. The van der Waals surface area contributed by atoms with E-state index in [2.05, 4.69) is 27.4 Å². The molecule has 0 bridgehead atoms. The molecule has 3 fully saturated rings. The van der Waals surface area contributed by atoms with Gasteiger partial charge in [-0.05, 0) is 71.4 Å². The van der Waals surface area contributed by atoms with Gasteiger partial charge in [-0.25, -0.2) is 4.79 Å². The molecule has 3 aliphatic rings. The maximum absolute atomic E-state index is 12.0. The number of unbranched alkanes of at least 4 members (excludes halogenated alkanes) is 1. The number of piperidine rings is 2. The largest absolute Gasteiger partial charge is 0.338 e. The standard InChI is InChI=1S/C19H36N4O/c1-16-6-2-4-12-22(16)13-5-3-11-20-19(24)21-17-9-14-23(15-10-17)18-7-8-18/h16-18H,2-15H2,1H3,(H2,20,21,24). The molecule has 24 heavy (non-hydrogen) atoms. The summed E-state index contributed by atoms with van der Waals surface area (Å²) in [5.41, 5.74) is 0. The van der Waals surface area contributed by atoms with Crippen LogP contribution >= 0.6 is 0 Å². The molecule has 3 rings (SSSR count). The Morgan fingerprint density at radius 3 is 2.50 bits per heavy atom. The maximum Gasteiger partial charge on any atom is 0.315 e. The zero-order valence-corrected chi connectivity index (χ0v) is 15.4. The second kappa shape index (κ2) is 9.04. The molecule has 1 saturated carbocycles. The fourth-order valence-corrected chi connectivity index (χ4v) is 4.22. The summed E-state index contributed by atoms with van der Waals surface area (Å²) in [6.07, 6.45) is 11.3. The maximum atomic E-state index is 12.0. The van der Waals surface area contributed by atoms with E-state index in [1.165, 1.54) is 51.6 Å². The Balaban J connectivity index is 1.20. The Labute approximate surface area is 147 Å². The molecule has 5 nitrogen and oxygen atoms in total. The number of urea groups is 1. The minimum absolute atomic E-state index is 0.0335. The van der Waals surface area contributed by atoms with E-state index < -0.39 is 0 Å². The van der Waals surface area contributed by atoms with Crippen molar-refractivity contribution in [2.24, 2.45) is 0 Å². The van der Waals surface area contributed by atoms with E-state index in [1.54, 1.807) is 0 Å². The van der Waals surface area contributed by atoms with Crippen molar-refractivity contribution < 1.29 is 4.79 Å². The monoisotopic (exact) mass is 336 g/mol. The molecule has 0 aromatic heterocycles. The molecule has 1 unspecified atom stereocenters. The lowest BCUT2D eigenvalue weighted by Crippen LogP contribution is -2.48. The average Bonchev–Trinajstić information content (AvgIpc) is 3.42. The highest BCUT2D eigenvalue weighted by atomic mass is 16.2. The third kappa shape index (κ3) is 5.62. The van der Waals surface area contributed by atoms with Crippen molar-refractivity contribution in [3.8, 4) is 0 Å². The smallest absolute Gasteiger partial charge is 0.315 e.